The van der Waals surface area contributed by atoms with Crippen LogP contribution in [0.4, 0.5) is 0 Å². The Hall–Kier alpha value is -6.18. The van der Waals surface area contributed by atoms with E-state index in [0.717, 1.165) is 38.9 Å². The number of pyridine rings is 1. The van der Waals surface area contributed by atoms with E-state index in [0.29, 0.717) is 44.9 Å². The summed E-state index contributed by atoms with van der Waals surface area (Å²) in [7, 11) is 0. The number of rotatable bonds is 7. The molecule has 0 unspecified atom stereocenters. The molecular weight excluding hydrogens is 729 g/mol. The van der Waals surface area contributed by atoms with Crippen LogP contribution in [-0.2, 0) is 6.54 Å². The predicted octanol–water partition coefficient (Wildman–Crippen LogP) is 10.4. The van der Waals surface area contributed by atoms with Gasteiger partial charge in [0.2, 0.25) is 0 Å². The zero-order valence-corrected chi connectivity index (χ0v) is 30.3. The number of halogens is 3. The van der Waals surface area contributed by atoms with Gasteiger partial charge < -0.3 is 4.74 Å². The van der Waals surface area contributed by atoms with Gasteiger partial charge in [0.15, 0.2) is 0 Å². The monoisotopic (exact) mass is 755 g/mol. The summed E-state index contributed by atoms with van der Waals surface area (Å²) in [5, 5.41) is 20.0. The van der Waals surface area contributed by atoms with E-state index in [1.54, 1.807) is 48.7 Å². The van der Waals surface area contributed by atoms with Gasteiger partial charge in [-0.25, -0.2) is 9.67 Å². The molecule has 0 saturated heterocycles. The molecule has 0 radical (unpaired) electrons. The lowest BCUT2D eigenvalue weighted by molar-refractivity contribution is 0.0945. The lowest BCUT2D eigenvalue weighted by atomic mass is 10.1. The first-order chi connectivity index (χ1) is 25.7. The molecule has 53 heavy (non-hydrogen) atoms. The molecule has 0 aliphatic rings. The normalized spacial score (nSPS) is 10.8. The van der Waals surface area contributed by atoms with E-state index < -0.39 is 0 Å². The largest absolute Gasteiger partial charge is 0.456 e. The van der Waals surface area contributed by atoms with Gasteiger partial charge in [-0.05, 0) is 110 Å². The number of nitrogens with zero attached hydrogens (tertiary/aromatic N) is 7. The van der Waals surface area contributed by atoms with E-state index in [2.05, 4.69) is 21.3 Å². The summed E-state index contributed by atoms with van der Waals surface area (Å²) >= 11 is 17.8. The molecule has 0 aliphatic carbocycles. The SMILES string of the molecule is Cc1nc2ccccn2c1-c1ccn(C(=O)c2ccc(Cl)cc2)n1.N#Cc1c(Cl)cccc1Oc1ccc(-c2ccn(Cc3ccc(Cl)cc3)n2)cc1. The second-order valence-corrected chi connectivity index (χ2v) is 13.1. The summed E-state index contributed by atoms with van der Waals surface area (Å²) in [6, 6.07) is 38.8. The molecule has 0 fully saturated rings. The Morgan fingerprint density at radius 1 is 0.755 bits per heavy atom. The van der Waals surface area contributed by atoms with Crippen LogP contribution in [0, 0.1) is 18.3 Å². The van der Waals surface area contributed by atoms with Crippen molar-refractivity contribution in [2.24, 2.45) is 0 Å². The smallest absolute Gasteiger partial charge is 0.278 e. The van der Waals surface area contributed by atoms with Crippen molar-refractivity contribution in [1.29, 1.82) is 5.26 Å². The van der Waals surface area contributed by atoms with Gasteiger partial charge in [-0.15, -0.1) is 0 Å². The highest BCUT2D eigenvalue weighted by molar-refractivity contribution is 6.32. The van der Waals surface area contributed by atoms with E-state index in [1.807, 2.05) is 107 Å². The molecule has 0 atom stereocenters. The number of carbonyl (C=O) groups is 1. The molecule has 0 aliphatic heterocycles. The second kappa shape index (κ2) is 15.6. The summed E-state index contributed by atoms with van der Waals surface area (Å²) < 4.78 is 11.0. The van der Waals surface area contributed by atoms with Crippen LogP contribution < -0.4 is 4.74 Å². The fourth-order valence-electron chi connectivity index (χ4n) is 5.61. The molecule has 260 valence electrons. The average Bonchev–Trinajstić information content (AvgIpc) is 3.92. The third kappa shape index (κ3) is 8.01. The van der Waals surface area contributed by atoms with Gasteiger partial charge in [-0.2, -0.15) is 15.5 Å². The third-order valence-corrected chi connectivity index (χ3v) is 9.02. The maximum absolute atomic E-state index is 12.5. The van der Waals surface area contributed by atoms with E-state index >= 15 is 0 Å². The van der Waals surface area contributed by atoms with Gasteiger partial charge in [-0.3, -0.25) is 13.9 Å². The Kier molecular flexibility index (Phi) is 10.4. The number of aromatic nitrogens is 6. The van der Waals surface area contributed by atoms with Crippen LogP contribution in [0.1, 0.15) is 27.2 Å². The number of hydrogen-bond donors (Lipinski definition) is 0. The third-order valence-electron chi connectivity index (χ3n) is 8.20. The van der Waals surface area contributed by atoms with Crippen molar-refractivity contribution >= 4 is 46.4 Å². The van der Waals surface area contributed by atoms with Gasteiger partial charge in [-0.1, -0.05) is 59.1 Å². The van der Waals surface area contributed by atoms with Crippen molar-refractivity contribution in [2.45, 2.75) is 13.5 Å². The van der Waals surface area contributed by atoms with E-state index in [-0.39, 0.29) is 5.91 Å². The van der Waals surface area contributed by atoms with Crippen LogP contribution in [0.15, 0.2) is 140 Å². The lowest BCUT2D eigenvalue weighted by Crippen LogP contribution is -2.12. The zero-order chi connectivity index (χ0) is 36.9. The van der Waals surface area contributed by atoms with Crippen molar-refractivity contribution in [3.05, 3.63) is 177 Å². The molecule has 0 saturated carbocycles. The molecule has 8 aromatic rings. The minimum atomic E-state index is -0.204. The second-order valence-electron chi connectivity index (χ2n) is 11.8. The molecule has 8 rings (SSSR count). The van der Waals surface area contributed by atoms with Crippen molar-refractivity contribution < 1.29 is 9.53 Å². The molecule has 0 amide bonds. The molecule has 12 heteroatoms. The highest BCUT2D eigenvalue weighted by atomic mass is 35.5. The number of fused-ring (bicyclic) bond motifs is 1. The number of carbonyl (C=O) groups excluding carboxylic acids is 1. The summed E-state index contributed by atoms with van der Waals surface area (Å²) in [4.78, 5) is 17.0. The Bertz CT molecular complexity index is 2580. The first kappa shape index (κ1) is 35.2. The predicted molar refractivity (Wildman–Crippen MR) is 207 cm³/mol. The first-order valence-corrected chi connectivity index (χ1v) is 17.4. The molecule has 0 spiro atoms. The Balaban J connectivity index is 0.000000167. The summed E-state index contributed by atoms with van der Waals surface area (Å²) in [5.41, 5.74) is 7.12. The number of benzene rings is 4. The van der Waals surface area contributed by atoms with E-state index in [4.69, 9.17) is 39.5 Å². The van der Waals surface area contributed by atoms with Crippen molar-refractivity contribution in [1.82, 2.24) is 28.9 Å². The molecule has 4 aromatic carbocycles. The molecular formula is C41H28Cl3N7O2. The Morgan fingerprint density at radius 2 is 1.47 bits per heavy atom. The highest BCUT2D eigenvalue weighted by Gasteiger charge is 2.16. The van der Waals surface area contributed by atoms with Crippen molar-refractivity contribution in [3.63, 3.8) is 0 Å². The number of imidazole rings is 1. The summed E-state index contributed by atoms with van der Waals surface area (Å²) in [6.07, 6.45) is 5.54. The van der Waals surface area contributed by atoms with Crippen LogP contribution >= 0.6 is 34.8 Å². The standard InChI is InChI=1S/C23H15Cl2N3O.C18H13ClN4O/c24-18-8-4-16(5-9-18)15-28-13-12-22(27-28)17-6-10-19(11-7-17)29-23-3-1-2-21(25)20(23)14-26;1-12-17(22-10-3-2-4-16(22)20-12)15-9-11-23(21-15)18(24)13-5-7-14(19)8-6-13/h1-13H,15H2;2-11H,1H3. The van der Waals surface area contributed by atoms with Crippen LogP contribution in [0.2, 0.25) is 15.1 Å². The van der Waals surface area contributed by atoms with E-state index in [9.17, 15) is 10.1 Å². The fraction of sp³-hybridized carbons (Fsp3) is 0.0488. The maximum Gasteiger partial charge on any atom is 0.278 e. The molecule has 0 N–H and O–H groups in total. The number of hydrogen-bond acceptors (Lipinski definition) is 6. The van der Waals surface area contributed by atoms with Crippen molar-refractivity contribution in [2.75, 3.05) is 0 Å². The number of aryl methyl sites for hydroxylation is 1. The van der Waals surface area contributed by atoms with Crippen molar-refractivity contribution in [3.8, 4) is 40.2 Å². The molecule has 4 heterocycles. The van der Waals surface area contributed by atoms with Gasteiger partial charge >= 0.3 is 0 Å². The highest BCUT2D eigenvalue weighted by Crippen LogP contribution is 2.31. The van der Waals surface area contributed by atoms with Gasteiger partial charge in [0.05, 0.1) is 28.6 Å². The Labute approximate surface area is 319 Å². The number of nitriles is 1. The van der Waals surface area contributed by atoms with E-state index in [1.165, 1.54) is 4.68 Å². The average molecular weight is 757 g/mol. The summed E-state index contributed by atoms with van der Waals surface area (Å²) in [5.74, 6) is 0.845. The fourth-order valence-corrected chi connectivity index (χ4v) is 6.07. The van der Waals surface area contributed by atoms with Crippen LogP contribution in [0.25, 0.3) is 28.3 Å². The lowest BCUT2D eigenvalue weighted by Gasteiger charge is -2.08. The number of ether oxygens (including phenoxy) is 1. The first-order valence-electron chi connectivity index (χ1n) is 16.3. The van der Waals surface area contributed by atoms with Crippen LogP contribution in [0.3, 0.4) is 0 Å². The van der Waals surface area contributed by atoms with Gasteiger partial charge in [0, 0.05) is 39.8 Å². The van der Waals surface area contributed by atoms with Gasteiger partial charge in [0.1, 0.15) is 34.5 Å². The molecule has 9 nitrogen and oxygen atoms in total. The zero-order valence-electron chi connectivity index (χ0n) is 28.1. The molecule has 4 aromatic heterocycles. The topological polar surface area (TPSA) is 103 Å². The van der Waals surface area contributed by atoms with Gasteiger partial charge in [0.25, 0.3) is 5.91 Å². The van der Waals surface area contributed by atoms with Crippen LogP contribution in [0.5, 0.6) is 11.5 Å². The van der Waals surface area contributed by atoms with Crippen LogP contribution in [-0.4, -0.2) is 34.9 Å². The quantitative estimate of drug-likeness (QED) is 0.160. The minimum Gasteiger partial charge on any atom is -0.456 e. The maximum atomic E-state index is 12.5. The minimum absolute atomic E-state index is 0.204. The molecule has 0 bridgehead atoms. The Morgan fingerprint density at radius 3 is 2.21 bits per heavy atom. The summed E-state index contributed by atoms with van der Waals surface area (Å²) in [6.45, 7) is 2.60.